The maximum absolute atomic E-state index is 12.2. The van der Waals surface area contributed by atoms with E-state index in [0.29, 0.717) is 11.9 Å². The first-order valence-corrected chi connectivity index (χ1v) is 6.24. The van der Waals surface area contributed by atoms with Gasteiger partial charge in [0.15, 0.2) is 0 Å². The summed E-state index contributed by atoms with van der Waals surface area (Å²) in [5.74, 6) is 1.38. The number of carbonyl (C=O) groups is 1. The number of rotatable bonds is 2. The Labute approximate surface area is 92.2 Å². The summed E-state index contributed by atoms with van der Waals surface area (Å²) in [5, 5.41) is 3.35. The van der Waals surface area contributed by atoms with E-state index in [9.17, 15) is 4.79 Å². The van der Waals surface area contributed by atoms with Gasteiger partial charge in [-0.3, -0.25) is 4.79 Å². The minimum absolute atomic E-state index is 0.237. The third-order valence-electron chi connectivity index (χ3n) is 4.02. The first kappa shape index (κ1) is 10.9. The topological polar surface area (TPSA) is 32.3 Å². The number of hydrogen-bond acceptors (Lipinski definition) is 2. The Morgan fingerprint density at radius 2 is 2.27 bits per heavy atom. The van der Waals surface area contributed by atoms with Gasteiger partial charge in [0, 0.05) is 19.1 Å². The van der Waals surface area contributed by atoms with E-state index in [1.165, 1.54) is 12.8 Å². The van der Waals surface area contributed by atoms with Crippen LogP contribution in [0.2, 0.25) is 0 Å². The van der Waals surface area contributed by atoms with Crippen LogP contribution in [0, 0.1) is 11.8 Å². The second-order valence-electron chi connectivity index (χ2n) is 4.99. The normalized spacial score (nSPS) is 36.1. The zero-order valence-corrected chi connectivity index (χ0v) is 9.83. The highest BCUT2D eigenvalue weighted by molar-refractivity contribution is 5.80. The molecule has 2 aliphatic heterocycles. The van der Waals surface area contributed by atoms with Gasteiger partial charge in [-0.1, -0.05) is 13.3 Å². The highest BCUT2D eigenvalue weighted by atomic mass is 16.2. The summed E-state index contributed by atoms with van der Waals surface area (Å²) in [6.45, 7) is 7.34. The highest BCUT2D eigenvalue weighted by Gasteiger charge is 2.35. The number of likely N-dealkylation sites (tertiary alicyclic amines) is 1. The SMILES string of the molecule is CCC1CCN(C(=O)C2CCNC2C)C1. The van der Waals surface area contributed by atoms with E-state index in [2.05, 4.69) is 24.1 Å². The van der Waals surface area contributed by atoms with Gasteiger partial charge in [-0.15, -0.1) is 0 Å². The molecular formula is C12H22N2O. The van der Waals surface area contributed by atoms with Crippen LogP contribution in [0.3, 0.4) is 0 Å². The molecule has 0 aliphatic carbocycles. The Balaban J connectivity index is 1.91. The lowest BCUT2D eigenvalue weighted by Gasteiger charge is -2.22. The average Bonchev–Trinajstić information content (AvgIpc) is 2.84. The summed E-state index contributed by atoms with van der Waals surface area (Å²) < 4.78 is 0. The van der Waals surface area contributed by atoms with Crippen molar-refractivity contribution in [3.63, 3.8) is 0 Å². The van der Waals surface area contributed by atoms with Crippen LogP contribution in [0.15, 0.2) is 0 Å². The van der Waals surface area contributed by atoms with Crippen LogP contribution in [0.5, 0.6) is 0 Å². The smallest absolute Gasteiger partial charge is 0.227 e. The number of hydrogen-bond donors (Lipinski definition) is 1. The molecule has 0 saturated carbocycles. The molecule has 0 aromatic heterocycles. The maximum Gasteiger partial charge on any atom is 0.227 e. The Kier molecular flexibility index (Phi) is 3.29. The molecule has 0 bridgehead atoms. The van der Waals surface area contributed by atoms with Crippen molar-refractivity contribution in [2.24, 2.45) is 11.8 Å². The van der Waals surface area contributed by atoms with Crippen molar-refractivity contribution in [3.05, 3.63) is 0 Å². The summed E-state index contributed by atoms with van der Waals surface area (Å²) in [4.78, 5) is 14.3. The largest absolute Gasteiger partial charge is 0.342 e. The Morgan fingerprint density at radius 3 is 2.80 bits per heavy atom. The summed E-state index contributed by atoms with van der Waals surface area (Å²) in [6, 6.07) is 0.373. The van der Waals surface area contributed by atoms with E-state index in [4.69, 9.17) is 0 Å². The predicted molar refractivity (Wildman–Crippen MR) is 60.5 cm³/mol. The zero-order valence-electron chi connectivity index (χ0n) is 9.83. The van der Waals surface area contributed by atoms with Gasteiger partial charge in [-0.05, 0) is 32.2 Å². The lowest BCUT2D eigenvalue weighted by Crippen LogP contribution is -2.39. The van der Waals surface area contributed by atoms with E-state index in [1.54, 1.807) is 0 Å². The standard InChI is InChI=1S/C12H22N2O/c1-3-10-5-7-14(8-10)12(15)11-4-6-13-9(11)2/h9-11,13H,3-8H2,1-2H3. The number of nitrogens with one attached hydrogen (secondary N) is 1. The fourth-order valence-electron chi connectivity index (χ4n) is 2.80. The van der Waals surface area contributed by atoms with Crippen LogP contribution in [-0.4, -0.2) is 36.5 Å². The lowest BCUT2D eigenvalue weighted by molar-refractivity contribution is -0.134. The molecule has 15 heavy (non-hydrogen) atoms. The second-order valence-corrected chi connectivity index (χ2v) is 4.99. The van der Waals surface area contributed by atoms with E-state index in [1.807, 2.05) is 0 Å². The summed E-state index contributed by atoms with van der Waals surface area (Å²) in [5.41, 5.74) is 0. The Bertz CT molecular complexity index is 242. The van der Waals surface area contributed by atoms with Crippen molar-refractivity contribution >= 4 is 5.91 Å². The van der Waals surface area contributed by atoms with E-state index >= 15 is 0 Å². The fraction of sp³-hybridized carbons (Fsp3) is 0.917. The van der Waals surface area contributed by atoms with Gasteiger partial charge in [-0.25, -0.2) is 0 Å². The molecule has 2 rings (SSSR count). The molecule has 3 nitrogen and oxygen atoms in total. The van der Waals surface area contributed by atoms with Gasteiger partial charge in [0.2, 0.25) is 5.91 Å². The predicted octanol–water partition coefficient (Wildman–Crippen LogP) is 1.24. The molecule has 0 radical (unpaired) electrons. The third kappa shape index (κ3) is 2.17. The molecule has 1 amide bonds. The maximum atomic E-state index is 12.2. The van der Waals surface area contributed by atoms with E-state index in [0.717, 1.165) is 32.0 Å². The number of nitrogens with zero attached hydrogens (tertiary/aromatic N) is 1. The molecule has 3 atom stereocenters. The van der Waals surface area contributed by atoms with Crippen LogP contribution in [-0.2, 0) is 4.79 Å². The summed E-state index contributed by atoms with van der Waals surface area (Å²) >= 11 is 0. The molecule has 0 spiro atoms. The molecule has 2 fully saturated rings. The van der Waals surface area contributed by atoms with Gasteiger partial charge in [0.1, 0.15) is 0 Å². The van der Waals surface area contributed by atoms with Gasteiger partial charge in [0.25, 0.3) is 0 Å². The highest BCUT2D eigenvalue weighted by Crippen LogP contribution is 2.24. The quantitative estimate of drug-likeness (QED) is 0.744. The van der Waals surface area contributed by atoms with E-state index < -0.39 is 0 Å². The van der Waals surface area contributed by atoms with Crippen LogP contribution < -0.4 is 5.32 Å². The van der Waals surface area contributed by atoms with Gasteiger partial charge >= 0.3 is 0 Å². The molecule has 0 aromatic carbocycles. The summed E-state index contributed by atoms with van der Waals surface area (Å²) in [7, 11) is 0. The van der Waals surface area contributed by atoms with Crippen LogP contribution >= 0.6 is 0 Å². The molecular weight excluding hydrogens is 188 g/mol. The molecule has 2 aliphatic rings. The van der Waals surface area contributed by atoms with Gasteiger partial charge in [-0.2, -0.15) is 0 Å². The zero-order chi connectivity index (χ0) is 10.8. The average molecular weight is 210 g/mol. The Hall–Kier alpha value is -0.570. The van der Waals surface area contributed by atoms with Crippen LogP contribution in [0.1, 0.15) is 33.1 Å². The number of amides is 1. The Morgan fingerprint density at radius 1 is 1.47 bits per heavy atom. The minimum Gasteiger partial charge on any atom is -0.342 e. The molecule has 3 unspecified atom stereocenters. The first-order chi connectivity index (χ1) is 7.22. The lowest BCUT2D eigenvalue weighted by atomic mass is 10.0. The van der Waals surface area contributed by atoms with Crippen molar-refractivity contribution in [1.82, 2.24) is 10.2 Å². The summed E-state index contributed by atoms with van der Waals surface area (Å²) in [6.07, 6.45) is 3.44. The molecule has 2 heterocycles. The van der Waals surface area contributed by atoms with Crippen LogP contribution in [0.25, 0.3) is 0 Å². The minimum atomic E-state index is 0.237. The van der Waals surface area contributed by atoms with Crippen LogP contribution in [0.4, 0.5) is 0 Å². The van der Waals surface area contributed by atoms with Crippen molar-refractivity contribution in [2.45, 2.75) is 39.2 Å². The first-order valence-electron chi connectivity index (χ1n) is 6.24. The number of carbonyl (C=O) groups excluding carboxylic acids is 1. The molecule has 86 valence electrons. The van der Waals surface area contributed by atoms with Gasteiger partial charge in [0.05, 0.1) is 5.92 Å². The van der Waals surface area contributed by atoms with Crippen molar-refractivity contribution in [1.29, 1.82) is 0 Å². The van der Waals surface area contributed by atoms with Crippen molar-refractivity contribution < 1.29 is 4.79 Å². The van der Waals surface area contributed by atoms with Crippen molar-refractivity contribution in [3.8, 4) is 0 Å². The molecule has 2 saturated heterocycles. The monoisotopic (exact) mass is 210 g/mol. The second kappa shape index (κ2) is 4.52. The van der Waals surface area contributed by atoms with Gasteiger partial charge < -0.3 is 10.2 Å². The van der Waals surface area contributed by atoms with Crippen molar-refractivity contribution in [2.75, 3.05) is 19.6 Å². The third-order valence-corrected chi connectivity index (χ3v) is 4.02. The molecule has 3 heteroatoms. The van der Waals surface area contributed by atoms with E-state index in [-0.39, 0.29) is 5.92 Å². The molecule has 1 N–H and O–H groups in total. The fourth-order valence-corrected chi connectivity index (χ4v) is 2.80. The molecule has 0 aromatic rings.